The van der Waals surface area contributed by atoms with Crippen LogP contribution in [0.15, 0.2) is 35.2 Å². The molecule has 1 aliphatic carbocycles. The van der Waals surface area contributed by atoms with Crippen molar-refractivity contribution in [2.45, 2.75) is 42.5 Å². The fraction of sp³-hybridized carbons (Fsp3) is 0.316. The van der Waals surface area contributed by atoms with E-state index in [2.05, 4.69) is 14.9 Å². The molecule has 0 aliphatic heterocycles. The predicted molar refractivity (Wildman–Crippen MR) is 110 cm³/mol. The highest BCUT2D eigenvalue weighted by atomic mass is 35.5. The zero-order valence-electron chi connectivity index (χ0n) is 16.1. The number of hydrogen-bond acceptors (Lipinski definition) is 5. The number of halogens is 4. The topological polar surface area (TPSA) is 121 Å². The molecule has 0 bridgehead atoms. The highest BCUT2D eigenvalue weighted by molar-refractivity contribution is 7.89. The number of alkyl halides is 3. The minimum Gasteiger partial charge on any atom is -0.382 e. The third-order valence-electron chi connectivity index (χ3n) is 5.58. The summed E-state index contributed by atoms with van der Waals surface area (Å²) in [7, 11) is -4.13. The Kier molecular flexibility index (Phi) is 5.00. The molecule has 1 aromatic heterocycles. The number of H-pyrrole nitrogens is 1. The number of aromatic nitrogens is 2. The fourth-order valence-corrected chi connectivity index (χ4v) is 5.45. The molecule has 0 radical (unpaired) electrons. The quantitative estimate of drug-likeness (QED) is 0.461. The fourth-order valence-electron chi connectivity index (χ4n) is 3.84. The third kappa shape index (κ3) is 3.65. The van der Waals surface area contributed by atoms with Crippen LogP contribution in [0.2, 0.25) is 5.02 Å². The van der Waals surface area contributed by atoms with Crippen molar-refractivity contribution < 1.29 is 26.7 Å². The van der Waals surface area contributed by atoms with Crippen LogP contribution in [-0.2, 0) is 10.0 Å². The van der Waals surface area contributed by atoms with Gasteiger partial charge in [-0.15, -0.1) is 0 Å². The number of nitrogens with two attached hydrogens (primary N) is 1. The van der Waals surface area contributed by atoms with E-state index in [9.17, 15) is 26.7 Å². The van der Waals surface area contributed by atoms with E-state index in [-0.39, 0.29) is 9.92 Å². The summed E-state index contributed by atoms with van der Waals surface area (Å²) in [5, 5.41) is 17.2. The number of aryl methyl sites for hydroxylation is 1. The predicted octanol–water partition coefficient (Wildman–Crippen LogP) is 3.51. The molecule has 31 heavy (non-hydrogen) atoms. The van der Waals surface area contributed by atoms with E-state index in [0.717, 1.165) is 22.0 Å². The maximum atomic E-state index is 12.7. The summed E-state index contributed by atoms with van der Waals surface area (Å²) in [6, 6.07) is 6.63. The van der Waals surface area contributed by atoms with Crippen molar-refractivity contribution in [3.05, 3.63) is 40.9 Å². The smallest absolute Gasteiger partial charge is 0.382 e. The van der Waals surface area contributed by atoms with Gasteiger partial charge >= 0.3 is 6.18 Å². The van der Waals surface area contributed by atoms with E-state index in [1.165, 1.54) is 18.2 Å². The molecule has 166 valence electrons. The molecule has 1 heterocycles. The van der Waals surface area contributed by atoms with Crippen LogP contribution in [0, 0.1) is 6.92 Å². The highest BCUT2D eigenvalue weighted by Gasteiger charge is 2.61. The van der Waals surface area contributed by atoms with Gasteiger partial charge in [0.25, 0.3) is 0 Å². The monoisotopic (exact) mass is 474 g/mol. The summed E-state index contributed by atoms with van der Waals surface area (Å²) in [5.41, 5.74) is 5.89. The van der Waals surface area contributed by atoms with Crippen LogP contribution in [0.5, 0.6) is 0 Å². The van der Waals surface area contributed by atoms with E-state index >= 15 is 0 Å². The average Bonchev–Trinajstić information content (AvgIpc) is 3.02. The van der Waals surface area contributed by atoms with Crippen LogP contribution in [0.25, 0.3) is 22.0 Å². The molecule has 12 heteroatoms. The number of anilines is 1. The van der Waals surface area contributed by atoms with Crippen LogP contribution in [0.4, 0.5) is 19.0 Å². The lowest BCUT2D eigenvalue weighted by atomic mass is 9.76. The highest BCUT2D eigenvalue weighted by Crippen LogP contribution is 2.45. The Morgan fingerprint density at radius 3 is 2.52 bits per heavy atom. The van der Waals surface area contributed by atoms with Gasteiger partial charge in [0.1, 0.15) is 0 Å². The second kappa shape index (κ2) is 7.09. The van der Waals surface area contributed by atoms with Gasteiger partial charge in [-0.1, -0.05) is 23.7 Å². The molecule has 1 saturated carbocycles. The largest absolute Gasteiger partial charge is 0.417 e. The summed E-state index contributed by atoms with van der Waals surface area (Å²) >= 11 is 6.36. The Balaban J connectivity index is 1.60. The zero-order chi connectivity index (χ0) is 22.8. The van der Waals surface area contributed by atoms with Crippen LogP contribution in [-0.4, -0.2) is 41.5 Å². The maximum absolute atomic E-state index is 12.7. The van der Waals surface area contributed by atoms with Gasteiger partial charge in [0.2, 0.25) is 10.0 Å². The molecular formula is C19H18ClF3N4O3S. The Morgan fingerprint density at radius 1 is 1.26 bits per heavy atom. The molecule has 0 saturated heterocycles. The summed E-state index contributed by atoms with van der Waals surface area (Å²) in [5.74, 6) is 0.327. The lowest BCUT2D eigenvalue weighted by Crippen LogP contribution is -2.62. The van der Waals surface area contributed by atoms with Crippen molar-refractivity contribution >= 4 is 38.3 Å². The number of nitrogens with one attached hydrogen (secondary N) is 2. The lowest BCUT2D eigenvalue weighted by molar-refractivity contribution is -0.290. The molecule has 5 N–H and O–H groups in total. The molecule has 7 nitrogen and oxygen atoms in total. The van der Waals surface area contributed by atoms with Crippen molar-refractivity contribution in [2.75, 3.05) is 5.73 Å². The molecule has 4 rings (SSSR count). The number of fused-ring (bicyclic) bond motifs is 1. The van der Waals surface area contributed by atoms with Gasteiger partial charge in [0, 0.05) is 34.9 Å². The number of aromatic amines is 1. The summed E-state index contributed by atoms with van der Waals surface area (Å²) in [4.78, 5) is -0.190. The number of sulfonamides is 1. The van der Waals surface area contributed by atoms with Crippen molar-refractivity contribution in [3.8, 4) is 11.1 Å². The first-order chi connectivity index (χ1) is 14.3. The maximum Gasteiger partial charge on any atom is 0.417 e. The Bertz CT molecular complexity index is 1280. The van der Waals surface area contributed by atoms with Crippen molar-refractivity contribution in [1.82, 2.24) is 14.9 Å². The van der Waals surface area contributed by atoms with Gasteiger partial charge in [0.05, 0.1) is 10.4 Å². The molecular weight excluding hydrogens is 457 g/mol. The minimum absolute atomic E-state index is 0.146. The van der Waals surface area contributed by atoms with Crippen molar-refractivity contribution in [1.29, 1.82) is 0 Å². The van der Waals surface area contributed by atoms with Crippen LogP contribution in [0.1, 0.15) is 18.4 Å². The van der Waals surface area contributed by atoms with Gasteiger partial charge in [-0.2, -0.15) is 18.3 Å². The molecule has 3 aromatic rings. The first-order valence-electron chi connectivity index (χ1n) is 9.17. The second-order valence-electron chi connectivity index (χ2n) is 7.67. The molecule has 0 atom stereocenters. The van der Waals surface area contributed by atoms with E-state index < -0.39 is 40.7 Å². The summed E-state index contributed by atoms with van der Waals surface area (Å²) in [6.07, 6.45) is -6.29. The van der Waals surface area contributed by atoms with Gasteiger partial charge in [0.15, 0.2) is 11.4 Å². The van der Waals surface area contributed by atoms with Crippen molar-refractivity contribution in [2.24, 2.45) is 0 Å². The number of hydrogen-bond donors (Lipinski definition) is 4. The number of rotatable bonds is 4. The van der Waals surface area contributed by atoms with Gasteiger partial charge < -0.3 is 10.8 Å². The van der Waals surface area contributed by atoms with E-state index in [0.29, 0.717) is 11.4 Å². The lowest BCUT2D eigenvalue weighted by Gasteiger charge is -2.44. The van der Waals surface area contributed by atoms with Gasteiger partial charge in [-0.05, 0) is 36.2 Å². The number of aliphatic hydroxyl groups is 1. The Morgan fingerprint density at radius 2 is 1.90 bits per heavy atom. The van der Waals surface area contributed by atoms with E-state index in [1.807, 2.05) is 6.92 Å². The van der Waals surface area contributed by atoms with Crippen LogP contribution < -0.4 is 10.5 Å². The van der Waals surface area contributed by atoms with Crippen LogP contribution >= 0.6 is 11.6 Å². The van der Waals surface area contributed by atoms with E-state index in [1.54, 1.807) is 12.1 Å². The van der Waals surface area contributed by atoms with Gasteiger partial charge in [-0.25, -0.2) is 13.1 Å². The SMILES string of the molecule is Cc1c(-c2ccc(S(=O)(=O)N[C@H]3C[C@](O)(C(F)(F)F)C3)cc2Cl)ccc2[nH]nc(N)c12. The number of benzene rings is 2. The van der Waals surface area contributed by atoms with E-state index in [4.69, 9.17) is 17.3 Å². The number of nitrogen functional groups attached to an aromatic ring is 1. The number of nitrogens with zero attached hydrogens (tertiary/aromatic N) is 1. The molecule has 0 unspecified atom stereocenters. The molecule has 2 aromatic carbocycles. The Labute approximate surface area is 180 Å². The Hall–Kier alpha value is -2.34. The third-order valence-corrected chi connectivity index (χ3v) is 7.41. The molecule has 1 aliphatic rings. The molecule has 0 amide bonds. The summed E-state index contributed by atoms with van der Waals surface area (Å²) < 4.78 is 65.6. The normalized spacial score (nSPS) is 21.9. The second-order valence-corrected chi connectivity index (χ2v) is 9.79. The minimum atomic E-state index is -4.81. The van der Waals surface area contributed by atoms with Crippen LogP contribution in [0.3, 0.4) is 0 Å². The molecule has 0 spiro atoms. The average molecular weight is 475 g/mol. The first kappa shape index (κ1) is 21.9. The van der Waals surface area contributed by atoms with Crippen molar-refractivity contribution in [3.63, 3.8) is 0 Å². The molecule has 1 fully saturated rings. The standard InChI is InChI=1S/C19H18ClF3N4O3S/c1-9-12(4-5-15-16(9)17(24)26-25-15)13-3-2-11(6-14(13)20)31(29,30)27-10-7-18(28,8-10)19(21,22)23/h2-6,10,27-28H,7-8H2,1H3,(H3,24,25,26)/t10-,18+. The zero-order valence-corrected chi connectivity index (χ0v) is 17.7. The van der Waals surface area contributed by atoms with Gasteiger partial charge in [-0.3, -0.25) is 5.10 Å². The first-order valence-corrected chi connectivity index (χ1v) is 11.0. The summed E-state index contributed by atoms with van der Waals surface area (Å²) in [6.45, 7) is 1.84.